The van der Waals surface area contributed by atoms with Gasteiger partial charge in [-0.3, -0.25) is 19.2 Å². The molecular formula is C23H30O5. The summed E-state index contributed by atoms with van der Waals surface area (Å²) < 4.78 is 4.98. The van der Waals surface area contributed by atoms with Crippen molar-refractivity contribution >= 4 is 23.3 Å². The van der Waals surface area contributed by atoms with Gasteiger partial charge in [0.1, 0.15) is 6.61 Å². The van der Waals surface area contributed by atoms with Crippen LogP contribution in [-0.2, 0) is 23.9 Å². The molecule has 0 spiro atoms. The summed E-state index contributed by atoms with van der Waals surface area (Å²) in [6, 6.07) is 0. The zero-order chi connectivity index (χ0) is 20.3. The number of ether oxygens (including phenoxy) is 1. The summed E-state index contributed by atoms with van der Waals surface area (Å²) in [5, 5.41) is 0. The Hall–Kier alpha value is -1.78. The molecule has 0 N–H and O–H groups in total. The fraction of sp³-hybridized carbons (Fsp3) is 0.739. The summed E-state index contributed by atoms with van der Waals surface area (Å²) in [5.74, 6) is 0.762. The number of esters is 1. The van der Waals surface area contributed by atoms with Gasteiger partial charge in [-0.15, -0.1) is 0 Å². The molecule has 6 atom stereocenters. The summed E-state index contributed by atoms with van der Waals surface area (Å²) in [5.41, 5.74) is 0.435. The lowest BCUT2D eigenvalue weighted by atomic mass is 9.46. The largest absolute Gasteiger partial charge is 0.458 e. The summed E-state index contributed by atoms with van der Waals surface area (Å²) in [6.07, 6.45) is 7.14. The van der Waals surface area contributed by atoms with Crippen LogP contribution >= 0.6 is 0 Å². The molecule has 152 valence electrons. The van der Waals surface area contributed by atoms with Crippen LogP contribution in [0.4, 0.5) is 0 Å². The Labute approximate surface area is 166 Å². The van der Waals surface area contributed by atoms with Gasteiger partial charge in [-0.1, -0.05) is 13.8 Å². The van der Waals surface area contributed by atoms with Crippen molar-refractivity contribution in [2.75, 3.05) is 6.61 Å². The highest BCUT2D eigenvalue weighted by Crippen LogP contribution is 2.66. The van der Waals surface area contributed by atoms with E-state index in [2.05, 4.69) is 13.8 Å². The summed E-state index contributed by atoms with van der Waals surface area (Å²) in [4.78, 5) is 48.8. The number of hydrogen-bond acceptors (Lipinski definition) is 5. The Morgan fingerprint density at radius 2 is 1.86 bits per heavy atom. The smallest absolute Gasteiger partial charge is 0.303 e. The molecule has 0 aromatic rings. The number of carbonyl (C=O) groups excluding carboxylic acids is 4. The molecule has 0 aromatic heterocycles. The number of carbonyl (C=O) groups is 4. The van der Waals surface area contributed by atoms with E-state index in [0.717, 1.165) is 37.7 Å². The second kappa shape index (κ2) is 6.64. The lowest BCUT2D eigenvalue weighted by molar-refractivity contribution is -0.149. The van der Waals surface area contributed by atoms with E-state index < -0.39 is 5.97 Å². The number of rotatable bonds is 3. The number of Topliss-reactive ketones (excluding diaryl/α,β-unsaturated/α-hetero) is 2. The lowest BCUT2D eigenvalue weighted by Crippen LogP contribution is -2.53. The van der Waals surface area contributed by atoms with Crippen LogP contribution in [0.15, 0.2) is 11.6 Å². The fourth-order valence-corrected chi connectivity index (χ4v) is 7.19. The van der Waals surface area contributed by atoms with E-state index in [1.54, 1.807) is 6.08 Å². The van der Waals surface area contributed by atoms with Crippen LogP contribution in [-0.4, -0.2) is 29.9 Å². The number of allylic oxidation sites excluding steroid dienone is 1. The van der Waals surface area contributed by atoms with Crippen LogP contribution in [0.3, 0.4) is 0 Å². The predicted molar refractivity (Wildman–Crippen MR) is 102 cm³/mol. The maximum atomic E-state index is 13.0. The third kappa shape index (κ3) is 2.81. The first-order chi connectivity index (χ1) is 13.2. The Bertz CT molecular complexity index is 780. The molecule has 0 amide bonds. The third-order valence-corrected chi connectivity index (χ3v) is 8.59. The van der Waals surface area contributed by atoms with Gasteiger partial charge in [-0.2, -0.15) is 0 Å². The number of hydrogen-bond donors (Lipinski definition) is 0. The van der Waals surface area contributed by atoms with E-state index in [1.807, 2.05) is 0 Å². The summed E-state index contributed by atoms with van der Waals surface area (Å²) >= 11 is 0. The van der Waals surface area contributed by atoms with Crippen molar-refractivity contribution in [1.82, 2.24) is 0 Å². The minimum atomic E-state index is -0.422. The van der Waals surface area contributed by atoms with Gasteiger partial charge >= 0.3 is 5.97 Å². The molecule has 3 fully saturated rings. The molecule has 28 heavy (non-hydrogen) atoms. The highest BCUT2D eigenvalue weighted by Gasteiger charge is 2.61. The highest BCUT2D eigenvalue weighted by molar-refractivity contribution is 6.05. The molecule has 4 aliphatic rings. The average molecular weight is 386 g/mol. The van der Waals surface area contributed by atoms with Gasteiger partial charge in [0.2, 0.25) is 0 Å². The van der Waals surface area contributed by atoms with Crippen molar-refractivity contribution < 1.29 is 23.9 Å². The molecule has 5 nitrogen and oxygen atoms in total. The summed E-state index contributed by atoms with van der Waals surface area (Å²) in [7, 11) is 0. The van der Waals surface area contributed by atoms with Crippen LogP contribution in [0.2, 0.25) is 0 Å². The fourth-order valence-electron chi connectivity index (χ4n) is 7.19. The maximum Gasteiger partial charge on any atom is 0.303 e. The average Bonchev–Trinajstić information content (AvgIpc) is 2.99. The van der Waals surface area contributed by atoms with E-state index >= 15 is 0 Å². The van der Waals surface area contributed by atoms with Gasteiger partial charge in [0.05, 0.1) is 0 Å². The Morgan fingerprint density at radius 1 is 1.11 bits per heavy atom. The van der Waals surface area contributed by atoms with E-state index in [4.69, 9.17) is 4.74 Å². The highest BCUT2D eigenvalue weighted by atomic mass is 16.5. The minimum Gasteiger partial charge on any atom is -0.458 e. The van der Waals surface area contributed by atoms with E-state index in [9.17, 15) is 19.2 Å². The molecular weight excluding hydrogens is 356 g/mol. The van der Waals surface area contributed by atoms with Crippen LogP contribution in [0.1, 0.15) is 65.7 Å². The molecule has 4 rings (SSSR count). The first-order valence-corrected chi connectivity index (χ1v) is 10.6. The molecule has 0 saturated heterocycles. The number of ketones is 3. The van der Waals surface area contributed by atoms with Gasteiger partial charge in [-0.25, -0.2) is 0 Å². The van der Waals surface area contributed by atoms with Crippen LogP contribution < -0.4 is 0 Å². The zero-order valence-electron chi connectivity index (χ0n) is 17.1. The molecule has 0 heterocycles. The van der Waals surface area contributed by atoms with Crippen molar-refractivity contribution in [3.63, 3.8) is 0 Å². The van der Waals surface area contributed by atoms with Crippen molar-refractivity contribution in [3.05, 3.63) is 11.6 Å². The zero-order valence-corrected chi connectivity index (χ0v) is 17.1. The Balaban J connectivity index is 1.60. The predicted octanol–water partition coefficient (Wildman–Crippen LogP) is 3.45. The molecule has 0 radical (unpaired) electrons. The number of fused-ring (bicyclic) bond motifs is 5. The van der Waals surface area contributed by atoms with E-state index in [-0.39, 0.29) is 46.6 Å². The second-order valence-electron chi connectivity index (χ2n) is 9.87. The van der Waals surface area contributed by atoms with Gasteiger partial charge in [0.25, 0.3) is 0 Å². The molecule has 0 bridgehead atoms. The molecule has 0 unspecified atom stereocenters. The van der Waals surface area contributed by atoms with Crippen LogP contribution in [0.25, 0.3) is 0 Å². The standard InChI is InChI=1S/C23H30O5/c1-13(24)28-12-21(27)18-5-4-16-15-11-20(26)19-10-14(25)6-8-23(19,3)17(15)7-9-22(16,18)2/h10,15-18H,4-9,11-12H2,1-3H3/t15-,16-,17-,18+,22-,23+/m0/s1. The quantitative estimate of drug-likeness (QED) is 0.694. The Kier molecular flexibility index (Phi) is 4.63. The maximum absolute atomic E-state index is 13.0. The van der Waals surface area contributed by atoms with E-state index in [0.29, 0.717) is 24.7 Å². The van der Waals surface area contributed by atoms with E-state index in [1.165, 1.54) is 6.92 Å². The monoisotopic (exact) mass is 386 g/mol. The minimum absolute atomic E-state index is 0.0239. The second-order valence-corrected chi connectivity index (χ2v) is 9.87. The van der Waals surface area contributed by atoms with Crippen LogP contribution in [0.5, 0.6) is 0 Å². The normalized spacial score (nSPS) is 42.2. The van der Waals surface area contributed by atoms with Crippen molar-refractivity contribution in [2.24, 2.45) is 34.5 Å². The van der Waals surface area contributed by atoms with Gasteiger partial charge in [-0.05, 0) is 66.8 Å². The van der Waals surface area contributed by atoms with Gasteiger partial charge < -0.3 is 4.74 Å². The molecule has 0 aromatic carbocycles. The molecule has 3 saturated carbocycles. The molecule has 0 aliphatic heterocycles. The van der Waals surface area contributed by atoms with Gasteiger partial charge in [0.15, 0.2) is 17.3 Å². The first-order valence-electron chi connectivity index (χ1n) is 10.6. The van der Waals surface area contributed by atoms with Crippen molar-refractivity contribution in [1.29, 1.82) is 0 Å². The third-order valence-electron chi connectivity index (χ3n) is 8.59. The summed E-state index contributed by atoms with van der Waals surface area (Å²) in [6.45, 7) is 5.58. The van der Waals surface area contributed by atoms with Gasteiger partial charge in [0, 0.05) is 31.3 Å². The topological polar surface area (TPSA) is 77.5 Å². The first kappa shape index (κ1) is 19.5. The van der Waals surface area contributed by atoms with Crippen LogP contribution in [0, 0.1) is 34.5 Å². The Morgan fingerprint density at radius 3 is 2.57 bits per heavy atom. The molecule has 5 heteroatoms. The van der Waals surface area contributed by atoms with Crippen molar-refractivity contribution in [3.8, 4) is 0 Å². The SMILES string of the molecule is CC(=O)OCC(=O)[C@H]1CC[C@H]2[C@@H]3CC(=O)C4=CC(=O)CC[C@]4(C)[C@H]3CC[C@]12C. The lowest BCUT2D eigenvalue weighted by Gasteiger charge is -2.57. The molecule has 4 aliphatic carbocycles. The van der Waals surface area contributed by atoms with Crippen molar-refractivity contribution in [2.45, 2.75) is 65.7 Å².